The summed E-state index contributed by atoms with van der Waals surface area (Å²) in [5, 5.41) is 6.67. The van der Waals surface area contributed by atoms with Gasteiger partial charge in [0, 0.05) is 18.1 Å². The van der Waals surface area contributed by atoms with E-state index in [2.05, 4.69) is 26.6 Å². The molecular weight excluding hydrogens is 323 g/mol. The van der Waals surface area contributed by atoms with Gasteiger partial charge in [-0.2, -0.15) is 0 Å². The van der Waals surface area contributed by atoms with Crippen LogP contribution in [0.2, 0.25) is 0 Å². The lowest BCUT2D eigenvalue weighted by Gasteiger charge is -2.29. The van der Waals surface area contributed by atoms with Crippen LogP contribution in [0, 0.1) is 5.82 Å². The lowest BCUT2D eigenvalue weighted by Crippen LogP contribution is -2.48. The van der Waals surface area contributed by atoms with Gasteiger partial charge in [0.05, 0.1) is 10.9 Å². The van der Waals surface area contributed by atoms with E-state index in [4.69, 9.17) is 0 Å². The summed E-state index contributed by atoms with van der Waals surface area (Å²) in [7, 11) is 0. The SMILES string of the molecule is O=C(Cc1ccc(F)c(Br)c1)NC1CC2CCC(C1)N2. The molecule has 2 heterocycles. The fourth-order valence-corrected chi connectivity index (χ4v) is 3.72. The van der Waals surface area contributed by atoms with Crippen LogP contribution in [0.5, 0.6) is 0 Å². The van der Waals surface area contributed by atoms with Crippen molar-refractivity contribution in [2.75, 3.05) is 0 Å². The Morgan fingerprint density at radius 2 is 2.05 bits per heavy atom. The van der Waals surface area contributed by atoms with E-state index in [0.717, 1.165) is 18.4 Å². The Kier molecular flexibility index (Phi) is 4.08. The molecule has 2 atom stereocenters. The molecule has 0 aromatic heterocycles. The molecule has 3 rings (SSSR count). The number of benzene rings is 1. The monoisotopic (exact) mass is 340 g/mol. The van der Waals surface area contributed by atoms with E-state index in [-0.39, 0.29) is 17.8 Å². The first-order valence-electron chi connectivity index (χ1n) is 7.09. The van der Waals surface area contributed by atoms with Crippen molar-refractivity contribution in [3.63, 3.8) is 0 Å². The molecule has 0 radical (unpaired) electrons. The number of rotatable bonds is 3. The van der Waals surface area contributed by atoms with E-state index >= 15 is 0 Å². The van der Waals surface area contributed by atoms with Crippen molar-refractivity contribution in [1.82, 2.24) is 10.6 Å². The molecule has 2 N–H and O–H groups in total. The molecule has 1 aromatic carbocycles. The highest BCUT2D eigenvalue weighted by atomic mass is 79.9. The normalized spacial score (nSPS) is 28.4. The molecule has 3 nitrogen and oxygen atoms in total. The third-order valence-corrected chi connectivity index (χ3v) is 4.79. The zero-order valence-corrected chi connectivity index (χ0v) is 12.7. The molecule has 108 valence electrons. The Labute approximate surface area is 126 Å². The van der Waals surface area contributed by atoms with Gasteiger partial charge in [-0.05, 0) is 59.3 Å². The first-order valence-corrected chi connectivity index (χ1v) is 7.89. The summed E-state index contributed by atoms with van der Waals surface area (Å²) in [5.41, 5.74) is 0.827. The van der Waals surface area contributed by atoms with Crippen LogP contribution >= 0.6 is 15.9 Å². The van der Waals surface area contributed by atoms with Crippen molar-refractivity contribution in [3.8, 4) is 0 Å². The van der Waals surface area contributed by atoms with Crippen LogP contribution in [-0.2, 0) is 11.2 Å². The summed E-state index contributed by atoms with van der Waals surface area (Å²) < 4.78 is 13.6. The van der Waals surface area contributed by atoms with Gasteiger partial charge in [-0.15, -0.1) is 0 Å². The standard InChI is InChI=1S/C15H18BrFN2O/c16-13-5-9(1-4-14(13)17)6-15(20)19-12-7-10-2-3-11(8-12)18-10/h1,4-5,10-12,18H,2-3,6-8H2,(H,19,20). The van der Waals surface area contributed by atoms with Gasteiger partial charge in [0.15, 0.2) is 0 Å². The van der Waals surface area contributed by atoms with E-state index < -0.39 is 0 Å². The fourth-order valence-electron chi connectivity index (χ4n) is 3.29. The quantitative estimate of drug-likeness (QED) is 0.887. The average Bonchev–Trinajstić information content (AvgIpc) is 2.73. The summed E-state index contributed by atoms with van der Waals surface area (Å²) in [6.07, 6.45) is 4.80. The highest BCUT2D eigenvalue weighted by Crippen LogP contribution is 2.26. The van der Waals surface area contributed by atoms with Gasteiger partial charge >= 0.3 is 0 Å². The second-order valence-corrected chi connectivity index (χ2v) is 6.65. The Morgan fingerprint density at radius 3 is 2.70 bits per heavy atom. The first-order chi connectivity index (χ1) is 9.60. The molecule has 2 bridgehead atoms. The Bertz CT molecular complexity index is 511. The number of fused-ring (bicyclic) bond motifs is 2. The lowest BCUT2D eigenvalue weighted by atomic mass is 9.99. The number of hydrogen-bond acceptors (Lipinski definition) is 2. The number of nitrogens with one attached hydrogen (secondary N) is 2. The third-order valence-electron chi connectivity index (χ3n) is 4.19. The molecule has 2 saturated heterocycles. The van der Waals surface area contributed by atoms with Gasteiger partial charge in [0.2, 0.25) is 5.91 Å². The summed E-state index contributed by atoms with van der Waals surface area (Å²) >= 11 is 3.14. The van der Waals surface area contributed by atoms with E-state index in [1.807, 2.05) is 0 Å². The largest absolute Gasteiger partial charge is 0.353 e. The minimum atomic E-state index is -0.302. The number of amides is 1. The van der Waals surface area contributed by atoms with E-state index in [1.165, 1.54) is 18.9 Å². The van der Waals surface area contributed by atoms with Crippen molar-refractivity contribution in [2.45, 2.75) is 50.2 Å². The summed E-state index contributed by atoms with van der Waals surface area (Å²) in [5.74, 6) is -0.279. The number of carbonyl (C=O) groups excluding carboxylic acids is 1. The van der Waals surface area contributed by atoms with Gasteiger partial charge < -0.3 is 10.6 Å². The van der Waals surface area contributed by atoms with Crippen molar-refractivity contribution in [2.24, 2.45) is 0 Å². The van der Waals surface area contributed by atoms with Crippen LogP contribution in [0.25, 0.3) is 0 Å². The van der Waals surface area contributed by atoms with Crippen LogP contribution in [0.15, 0.2) is 22.7 Å². The summed E-state index contributed by atoms with van der Waals surface area (Å²) in [6, 6.07) is 6.13. The number of halogens is 2. The fraction of sp³-hybridized carbons (Fsp3) is 0.533. The van der Waals surface area contributed by atoms with Crippen molar-refractivity contribution in [1.29, 1.82) is 0 Å². The minimum Gasteiger partial charge on any atom is -0.353 e. The summed E-state index contributed by atoms with van der Waals surface area (Å²) in [4.78, 5) is 12.1. The lowest BCUT2D eigenvalue weighted by molar-refractivity contribution is -0.121. The van der Waals surface area contributed by atoms with Crippen LogP contribution in [0.4, 0.5) is 4.39 Å². The zero-order valence-electron chi connectivity index (χ0n) is 11.2. The smallest absolute Gasteiger partial charge is 0.224 e. The maximum atomic E-state index is 13.1. The molecule has 2 unspecified atom stereocenters. The van der Waals surface area contributed by atoms with Gasteiger partial charge in [-0.25, -0.2) is 4.39 Å². The predicted molar refractivity (Wildman–Crippen MR) is 78.9 cm³/mol. The minimum absolute atomic E-state index is 0.0230. The highest BCUT2D eigenvalue weighted by Gasteiger charge is 2.33. The van der Waals surface area contributed by atoms with E-state index in [1.54, 1.807) is 12.1 Å². The molecule has 20 heavy (non-hydrogen) atoms. The molecular formula is C15H18BrFN2O. The van der Waals surface area contributed by atoms with E-state index in [0.29, 0.717) is 23.0 Å². The van der Waals surface area contributed by atoms with Crippen LogP contribution < -0.4 is 10.6 Å². The molecule has 2 aliphatic heterocycles. The maximum absolute atomic E-state index is 13.1. The highest BCUT2D eigenvalue weighted by molar-refractivity contribution is 9.10. The molecule has 2 aliphatic rings. The third kappa shape index (κ3) is 3.20. The zero-order chi connectivity index (χ0) is 14.1. The molecule has 0 saturated carbocycles. The molecule has 1 amide bonds. The van der Waals surface area contributed by atoms with Crippen LogP contribution in [0.3, 0.4) is 0 Å². The topological polar surface area (TPSA) is 41.1 Å². The van der Waals surface area contributed by atoms with Gasteiger partial charge in [0.25, 0.3) is 0 Å². The predicted octanol–water partition coefficient (Wildman–Crippen LogP) is 2.53. The molecule has 1 aromatic rings. The van der Waals surface area contributed by atoms with Crippen molar-refractivity contribution in [3.05, 3.63) is 34.1 Å². The van der Waals surface area contributed by atoms with Crippen molar-refractivity contribution < 1.29 is 9.18 Å². The van der Waals surface area contributed by atoms with Crippen LogP contribution in [0.1, 0.15) is 31.2 Å². The van der Waals surface area contributed by atoms with Gasteiger partial charge in [0.1, 0.15) is 5.82 Å². The second kappa shape index (κ2) is 5.82. The Hall–Kier alpha value is -0.940. The van der Waals surface area contributed by atoms with Gasteiger partial charge in [-0.3, -0.25) is 4.79 Å². The number of hydrogen-bond donors (Lipinski definition) is 2. The van der Waals surface area contributed by atoms with E-state index in [9.17, 15) is 9.18 Å². The second-order valence-electron chi connectivity index (χ2n) is 5.80. The Morgan fingerprint density at radius 1 is 1.35 bits per heavy atom. The Balaban J connectivity index is 1.55. The molecule has 0 spiro atoms. The van der Waals surface area contributed by atoms with Crippen molar-refractivity contribution >= 4 is 21.8 Å². The number of piperidine rings is 1. The maximum Gasteiger partial charge on any atom is 0.224 e. The van der Waals surface area contributed by atoms with Gasteiger partial charge in [-0.1, -0.05) is 6.07 Å². The average molecular weight is 341 g/mol. The molecule has 0 aliphatic carbocycles. The molecule has 2 fully saturated rings. The van der Waals surface area contributed by atoms with Crippen LogP contribution in [-0.4, -0.2) is 24.0 Å². The summed E-state index contributed by atoms with van der Waals surface area (Å²) in [6.45, 7) is 0. The molecule has 5 heteroatoms. The first kappa shape index (κ1) is 14.0. The number of carbonyl (C=O) groups is 1.